The summed E-state index contributed by atoms with van der Waals surface area (Å²) in [5, 5.41) is 6.76. The smallest absolute Gasteiger partial charge is 0.414 e. The van der Waals surface area contributed by atoms with Gasteiger partial charge in [-0.15, -0.1) is 0 Å². The van der Waals surface area contributed by atoms with Gasteiger partial charge in [-0.3, -0.25) is 0 Å². The fraction of sp³-hybridized carbons (Fsp3) is 0. The molecule has 0 atom stereocenters. The van der Waals surface area contributed by atoms with Crippen molar-refractivity contribution in [1.82, 2.24) is 0 Å². The van der Waals surface area contributed by atoms with E-state index >= 15 is 0 Å². The Bertz CT molecular complexity index is 13.5. The Morgan fingerprint density at radius 2 is 1.75 bits per heavy atom. The Balaban J connectivity index is 0. The molecule has 0 fully saturated rings. The first kappa shape index (κ1) is 9.00. The van der Waals surface area contributed by atoms with Crippen LogP contribution in [0.3, 0.4) is 0 Å². The number of rotatable bonds is 0. The van der Waals surface area contributed by atoms with Crippen molar-refractivity contribution in [2.45, 2.75) is 0 Å². The van der Waals surface area contributed by atoms with Crippen molar-refractivity contribution >= 4 is 23.8 Å². The van der Waals surface area contributed by atoms with E-state index in [4.69, 9.17) is 9.90 Å². The second-order valence-electron chi connectivity index (χ2n) is 0.0913. The molecule has 0 spiro atoms. The van der Waals surface area contributed by atoms with Gasteiger partial charge in [-0.1, -0.05) is 0 Å². The van der Waals surface area contributed by atoms with E-state index in [9.17, 15) is 0 Å². The highest BCUT2D eigenvalue weighted by Crippen LogP contribution is 0.973. The standard InChI is InChI=1S/CHO2.Al.3H/c2-1-3;;;;/h(H,2,3);;;;. The van der Waals surface area contributed by atoms with Crippen molar-refractivity contribution < 1.29 is 9.90 Å². The summed E-state index contributed by atoms with van der Waals surface area (Å²) in [6, 6.07) is 0. The Morgan fingerprint density at radius 3 is 1.75 bits per heavy atom. The third-order valence-electron chi connectivity index (χ3n) is 0. The number of hydrogen-bond acceptors (Lipinski definition) is 1. The van der Waals surface area contributed by atoms with Crippen LogP contribution in [0.5, 0.6) is 0 Å². The van der Waals surface area contributed by atoms with Crippen molar-refractivity contribution in [2.75, 3.05) is 0 Å². The van der Waals surface area contributed by atoms with Gasteiger partial charge in [0.1, 0.15) is 0 Å². The molecule has 0 aliphatic carbocycles. The predicted octanol–water partition coefficient (Wildman–Crippen LogP) is -1.57. The fourth-order valence-electron chi connectivity index (χ4n) is 0. The van der Waals surface area contributed by atoms with Gasteiger partial charge in [0.25, 0.3) is 0 Å². The van der Waals surface area contributed by atoms with Crippen molar-refractivity contribution in [3.05, 3.63) is 0 Å². The third-order valence-corrected chi connectivity index (χ3v) is 0. The third kappa shape index (κ3) is 331000. The summed E-state index contributed by atoms with van der Waals surface area (Å²) in [7, 11) is 0. The zero-order chi connectivity index (χ0) is 2.71. The van der Waals surface area contributed by atoms with Gasteiger partial charge < -0.3 is 5.11 Å². The summed E-state index contributed by atoms with van der Waals surface area (Å²) in [5.74, 6) is 0. The highest BCUT2D eigenvalue weighted by molar-refractivity contribution is 5.75. The zero-order valence-corrected chi connectivity index (χ0v) is 1.36. The SMILES string of the molecule is O=[C]O.[AlH3]. The van der Waals surface area contributed by atoms with Crippen LogP contribution in [0.25, 0.3) is 0 Å². The molecular weight excluding hydrogens is 71.0 g/mol. The quantitative estimate of drug-likeness (QED) is 0.353. The first-order valence-corrected chi connectivity index (χ1v) is 0.428. The average Bonchev–Trinajstić information content (AvgIpc) is 0.918. The highest BCUT2D eigenvalue weighted by Gasteiger charge is 1.30. The van der Waals surface area contributed by atoms with E-state index in [0.29, 0.717) is 6.47 Å². The van der Waals surface area contributed by atoms with Crippen LogP contribution in [0.4, 0.5) is 0 Å². The van der Waals surface area contributed by atoms with Gasteiger partial charge in [0.05, 0.1) is 0 Å². The molecular formula is CH4AlO2. The van der Waals surface area contributed by atoms with Crippen molar-refractivity contribution in [1.29, 1.82) is 0 Å². The van der Waals surface area contributed by atoms with Crippen LogP contribution >= 0.6 is 0 Å². The maximum Gasteiger partial charge on any atom is 0.414 e. The monoisotopic (exact) mass is 75.0 g/mol. The minimum Gasteiger partial charge on any atom is -0.473 e. The van der Waals surface area contributed by atoms with Crippen LogP contribution in [0.15, 0.2) is 0 Å². The lowest BCUT2D eigenvalue weighted by molar-refractivity contribution is 0.437. The molecule has 0 aliphatic heterocycles. The molecule has 0 bridgehead atoms. The molecule has 0 aromatic rings. The van der Waals surface area contributed by atoms with Gasteiger partial charge in [-0.25, -0.2) is 4.79 Å². The Morgan fingerprint density at radius 1 is 1.75 bits per heavy atom. The molecule has 0 amide bonds. The van der Waals surface area contributed by atoms with Gasteiger partial charge in [0, 0.05) is 0 Å². The van der Waals surface area contributed by atoms with E-state index in [0.717, 1.165) is 0 Å². The molecule has 0 saturated carbocycles. The molecule has 0 aromatic carbocycles. The molecule has 0 aliphatic rings. The van der Waals surface area contributed by atoms with E-state index in [-0.39, 0.29) is 17.4 Å². The zero-order valence-electron chi connectivity index (χ0n) is 1.36. The Kier molecular flexibility index (Phi) is 27.0. The van der Waals surface area contributed by atoms with Gasteiger partial charge >= 0.3 is 6.47 Å². The topological polar surface area (TPSA) is 37.3 Å². The van der Waals surface area contributed by atoms with E-state index in [1.54, 1.807) is 0 Å². The van der Waals surface area contributed by atoms with Gasteiger partial charge in [0.15, 0.2) is 17.4 Å². The van der Waals surface area contributed by atoms with Crippen LogP contribution in [-0.4, -0.2) is 28.9 Å². The fourth-order valence-corrected chi connectivity index (χ4v) is 0. The summed E-state index contributed by atoms with van der Waals surface area (Å²) >= 11 is 0. The van der Waals surface area contributed by atoms with E-state index in [1.165, 1.54) is 0 Å². The molecule has 0 saturated heterocycles. The van der Waals surface area contributed by atoms with Gasteiger partial charge in [0.2, 0.25) is 0 Å². The number of hydrogen-bond donors (Lipinski definition) is 1. The first-order valence-electron chi connectivity index (χ1n) is 0.428. The lowest BCUT2D eigenvalue weighted by Gasteiger charge is -1.29. The minimum absolute atomic E-state index is 0. The molecule has 0 rings (SSSR count). The predicted molar refractivity (Wildman–Crippen MR) is 18.3 cm³/mol. The number of aliphatic hydroxyl groups excluding tert-OH is 1. The van der Waals surface area contributed by atoms with E-state index < -0.39 is 0 Å². The lowest BCUT2D eigenvalue weighted by Crippen LogP contribution is -1.48. The Labute approximate surface area is 34.6 Å². The van der Waals surface area contributed by atoms with Crippen LogP contribution in [0, 0.1) is 0 Å². The highest BCUT2D eigenvalue weighted by atomic mass is 27.0. The molecule has 1 N–H and O–H groups in total. The summed E-state index contributed by atoms with van der Waals surface area (Å²) in [5.41, 5.74) is 0. The van der Waals surface area contributed by atoms with Crippen LogP contribution < -0.4 is 0 Å². The van der Waals surface area contributed by atoms with Crippen LogP contribution in [-0.2, 0) is 4.79 Å². The minimum atomic E-state index is 0. The summed E-state index contributed by atoms with van der Waals surface area (Å²) in [6.45, 7) is 0.500. The molecule has 2 nitrogen and oxygen atoms in total. The molecule has 0 heterocycles. The summed E-state index contributed by atoms with van der Waals surface area (Å²) in [4.78, 5) is 8.24. The average molecular weight is 75.0 g/mol. The summed E-state index contributed by atoms with van der Waals surface area (Å²) < 4.78 is 0. The van der Waals surface area contributed by atoms with Crippen LogP contribution in [0.2, 0.25) is 0 Å². The second-order valence-corrected chi connectivity index (χ2v) is 0.0913. The first-order chi connectivity index (χ1) is 1.41. The Hall–Kier alpha value is 0.00247. The molecule has 0 unspecified atom stereocenters. The molecule has 4 heavy (non-hydrogen) atoms. The molecule has 23 valence electrons. The molecule has 1 radical (unpaired) electrons. The van der Waals surface area contributed by atoms with Crippen molar-refractivity contribution in [3.8, 4) is 0 Å². The largest absolute Gasteiger partial charge is 0.473 e. The van der Waals surface area contributed by atoms with Gasteiger partial charge in [-0.2, -0.15) is 0 Å². The normalized spacial score (nSPS) is 3.00. The van der Waals surface area contributed by atoms with E-state index in [1.807, 2.05) is 0 Å². The molecule has 3 heteroatoms. The molecule has 0 aromatic heterocycles. The maximum absolute atomic E-state index is 8.24. The summed E-state index contributed by atoms with van der Waals surface area (Å²) in [6.07, 6.45) is 0. The second kappa shape index (κ2) is 12.0. The van der Waals surface area contributed by atoms with E-state index in [2.05, 4.69) is 0 Å². The van der Waals surface area contributed by atoms with Crippen LogP contribution in [0.1, 0.15) is 0 Å². The van der Waals surface area contributed by atoms with Crippen molar-refractivity contribution in [3.63, 3.8) is 0 Å². The van der Waals surface area contributed by atoms with Crippen molar-refractivity contribution in [2.24, 2.45) is 0 Å². The van der Waals surface area contributed by atoms with Gasteiger partial charge in [-0.05, 0) is 0 Å². The maximum atomic E-state index is 8.24. The lowest BCUT2D eigenvalue weighted by atomic mass is 11.7.